The number of carbonyl (C=O) groups is 2. The second kappa shape index (κ2) is 5.35. The molecule has 4 rings (SSSR count). The van der Waals surface area contributed by atoms with Crippen LogP contribution in [0, 0.1) is 22.7 Å². The molecule has 2 saturated carbocycles. The van der Waals surface area contributed by atoms with Crippen molar-refractivity contribution in [3.05, 3.63) is 23.8 Å². The maximum Gasteiger partial charge on any atom is 0.190 e. The Morgan fingerprint density at radius 1 is 1.36 bits per heavy atom. The molecule has 4 aliphatic rings. The molecule has 6 atom stereocenters. The van der Waals surface area contributed by atoms with Crippen LogP contribution in [0.5, 0.6) is 0 Å². The van der Waals surface area contributed by atoms with Crippen molar-refractivity contribution in [2.24, 2.45) is 22.7 Å². The molecule has 0 aromatic carbocycles. The average molecular weight is 346 g/mol. The average Bonchev–Trinajstić information content (AvgIpc) is 2.87. The van der Waals surface area contributed by atoms with E-state index in [-0.39, 0.29) is 29.1 Å². The van der Waals surface area contributed by atoms with Crippen molar-refractivity contribution in [2.75, 3.05) is 13.2 Å². The summed E-state index contributed by atoms with van der Waals surface area (Å²) in [5.41, 5.74) is -1.34. The van der Waals surface area contributed by atoms with Crippen molar-refractivity contribution in [2.45, 2.75) is 51.2 Å². The Morgan fingerprint density at radius 2 is 2.12 bits per heavy atom. The van der Waals surface area contributed by atoms with Gasteiger partial charge >= 0.3 is 0 Å². The number of allylic oxidation sites excluding steroid dienone is 2. The number of fused-ring (bicyclic) bond motifs is 5. The lowest BCUT2D eigenvalue weighted by Gasteiger charge is -2.57. The third kappa shape index (κ3) is 2.06. The van der Waals surface area contributed by atoms with Crippen molar-refractivity contribution >= 4 is 11.6 Å². The van der Waals surface area contributed by atoms with E-state index >= 15 is 0 Å². The molecule has 3 fully saturated rings. The first-order chi connectivity index (χ1) is 11.8. The number of ether oxygens (including phenoxy) is 1. The highest BCUT2D eigenvalue weighted by Crippen LogP contribution is 2.62. The molecule has 5 nitrogen and oxygen atoms in total. The Labute approximate surface area is 147 Å². The van der Waals surface area contributed by atoms with Crippen molar-refractivity contribution in [3.8, 4) is 0 Å². The van der Waals surface area contributed by atoms with Crippen LogP contribution in [-0.4, -0.2) is 46.7 Å². The zero-order valence-electron chi connectivity index (χ0n) is 14.8. The van der Waals surface area contributed by atoms with Gasteiger partial charge in [-0.3, -0.25) is 9.59 Å². The summed E-state index contributed by atoms with van der Waals surface area (Å²) in [5, 5.41) is 20.4. The number of aliphatic hydroxyl groups is 2. The molecule has 25 heavy (non-hydrogen) atoms. The van der Waals surface area contributed by atoms with E-state index in [0.717, 1.165) is 24.8 Å². The van der Waals surface area contributed by atoms with Gasteiger partial charge in [-0.05, 0) is 56.6 Å². The molecule has 0 unspecified atom stereocenters. The molecule has 3 aliphatic carbocycles. The van der Waals surface area contributed by atoms with Gasteiger partial charge in [0.2, 0.25) is 0 Å². The minimum absolute atomic E-state index is 0.0374. The van der Waals surface area contributed by atoms with E-state index in [0.29, 0.717) is 13.0 Å². The lowest BCUT2D eigenvalue weighted by atomic mass is 9.54. The van der Waals surface area contributed by atoms with Crippen molar-refractivity contribution in [3.63, 3.8) is 0 Å². The Bertz CT molecular complexity index is 694. The van der Waals surface area contributed by atoms with Gasteiger partial charge in [0, 0.05) is 10.8 Å². The summed E-state index contributed by atoms with van der Waals surface area (Å²) in [4.78, 5) is 24.0. The van der Waals surface area contributed by atoms with Crippen LogP contribution in [0.2, 0.25) is 0 Å². The maximum absolute atomic E-state index is 12.3. The summed E-state index contributed by atoms with van der Waals surface area (Å²) in [7, 11) is 0. The molecular formula is C20H26O5. The van der Waals surface area contributed by atoms with E-state index in [9.17, 15) is 19.8 Å². The van der Waals surface area contributed by atoms with Crippen molar-refractivity contribution in [1.82, 2.24) is 0 Å². The van der Waals surface area contributed by atoms with E-state index in [2.05, 4.69) is 6.92 Å². The van der Waals surface area contributed by atoms with Gasteiger partial charge in [-0.2, -0.15) is 0 Å². The summed E-state index contributed by atoms with van der Waals surface area (Å²) in [6, 6.07) is 0. The smallest absolute Gasteiger partial charge is 0.190 e. The fourth-order valence-electron chi connectivity index (χ4n) is 6.02. The predicted molar refractivity (Wildman–Crippen MR) is 90.7 cm³/mol. The normalized spacial score (nSPS) is 48.4. The molecule has 1 heterocycles. The predicted octanol–water partition coefficient (Wildman–Crippen LogP) is 1.58. The second-order valence-corrected chi connectivity index (χ2v) is 8.63. The molecule has 136 valence electrons. The van der Waals surface area contributed by atoms with Gasteiger partial charge in [0.1, 0.15) is 12.2 Å². The van der Waals surface area contributed by atoms with Gasteiger partial charge < -0.3 is 14.9 Å². The van der Waals surface area contributed by atoms with Crippen molar-refractivity contribution < 1.29 is 24.5 Å². The van der Waals surface area contributed by atoms with Crippen LogP contribution < -0.4 is 0 Å². The lowest BCUT2D eigenvalue weighted by molar-refractivity contribution is -0.208. The van der Waals surface area contributed by atoms with Gasteiger partial charge in [0.25, 0.3) is 0 Å². The van der Waals surface area contributed by atoms with Crippen LogP contribution in [0.1, 0.15) is 39.5 Å². The molecule has 0 amide bonds. The number of hydrogen-bond acceptors (Lipinski definition) is 5. The van der Waals surface area contributed by atoms with Crippen LogP contribution >= 0.6 is 0 Å². The van der Waals surface area contributed by atoms with Gasteiger partial charge in [0.05, 0.1) is 12.7 Å². The Morgan fingerprint density at radius 3 is 2.84 bits per heavy atom. The van der Waals surface area contributed by atoms with Crippen LogP contribution in [0.3, 0.4) is 0 Å². The Kier molecular flexibility index (Phi) is 3.67. The lowest BCUT2D eigenvalue weighted by Crippen LogP contribution is -2.62. The van der Waals surface area contributed by atoms with Gasteiger partial charge in [-0.1, -0.05) is 18.6 Å². The molecular weight excluding hydrogens is 320 g/mol. The Hall–Kier alpha value is -1.30. The number of aliphatic hydroxyl groups excluding tert-OH is 1. The number of carbonyl (C=O) groups excluding carboxylic acids is 2. The molecule has 1 aliphatic heterocycles. The van der Waals surface area contributed by atoms with E-state index in [1.165, 1.54) is 0 Å². The second-order valence-electron chi connectivity index (χ2n) is 8.63. The molecule has 2 N–H and O–H groups in total. The summed E-state index contributed by atoms with van der Waals surface area (Å²) in [6.07, 6.45) is 8.20. The molecule has 5 heteroatoms. The summed E-state index contributed by atoms with van der Waals surface area (Å²) in [6.45, 7) is 3.72. The first-order valence-corrected chi connectivity index (χ1v) is 9.19. The van der Waals surface area contributed by atoms with Crippen molar-refractivity contribution in [1.29, 1.82) is 0 Å². The third-order valence-corrected chi connectivity index (χ3v) is 7.59. The molecule has 0 aromatic heterocycles. The highest BCUT2D eigenvalue weighted by molar-refractivity contribution is 6.01. The summed E-state index contributed by atoms with van der Waals surface area (Å²) in [5.74, 6) is -0.0453. The van der Waals surface area contributed by atoms with Gasteiger partial charge in [0.15, 0.2) is 11.6 Å². The van der Waals surface area contributed by atoms with Gasteiger partial charge in [-0.15, -0.1) is 0 Å². The standard InChI is InChI=1S/C20H26O5/c1-18-7-5-13(22)9-12(18)3-4-14-15-6-8-20(24,16(23)10-21)19(15,2)11-25-17(14)18/h5,7,9,14-15,17,21,24H,3-4,6,8,10-11H2,1-2H3/t14-,15-,17-,18-,19-,20-/m0/s1. The zero-order valence-corrected chi connectivity index (χ0v) is 14.8. The van der Waals surface area contributed by atoms with Crippen LogP contribution in [0.15, 0.2) is 23.8 Å². The van der Waals surface area contributed by atoms with Crippen LogP contribution in [-0.2, 0) is 14.3 Å². The highest BCUT2D eigenvalue weighted by atomic mass is 16.5. The van der Waals surface area contributed by atoms with E-state index in [4.69, 9.17) is 4.74 Å². The summed E-state index contributed by atoms with van der Waals surface area (Å²) >= 11 is 0. The van der Waals surface area contributed by atoms with Crippen LogP contribution in [0.25, 0.3) is 0 Å². The molecule has 0 spiro atoms. The third-order valence-electron chi connectivity index (χ3n) is 7.59. The monoisotopic (exact) mass is 346 g/mol. The maximum atomic E-state index is 12.3. The first kappa shape index (κ1) is 17.1. The minimum Gasteiger partial charge on any atom is -0.388 e. The van der Waals surface area contributed by atoms with Crippen LogP contribution in [0.4, 0.5) is 0 Å². The zero-order chi connectivity index (χ0) is 18.0. The van der Waals surface area contributed by atoms with Gasteiger partial charge in [-0.25, -0.2) is 0 Å². The molecule has 0 radical (unpaired) electrons. The number of Topliss-reactive ketones (excluding diaryl/α,β-unsaturated/α-hetero) is 1. The first-order valence-electron chi connectivity index (χ1n) is 9.19. The molecule has 0 aromatic rings. The summed E-state index contributed by atoms with van der Waals surface area (Å²) < 4.78 is 6.30. The fraction of sp³-hybridized carbons (Fsp3) is 0.700. The SMILES string of the molecule is C[C@]12C=CC(=O)C=C1CC[C@@H]1[C@@H]2OC[C@@]2(C)[C@H]1CC[C@]2(O)C(=O)CO. The van der Waals surface area contributed by atoms with E-state index in [1.54, 1.807) is 12.2 Å². The van der Waals surface area contributed by atoms with E-state index in [1.807, 2.05) is 13.0 Å². The minimum atomic E-state index is -1.51. The number of rotatable bonds is 2. The molecule has 1 saturated heterocycles. The Balaban J connectivity index is 1.69. The number of hydrogen-bond donors (Lipinski definition) is 2. The number of ketones is 2. The topological polar surface area (TPSA) is 83.8 Å². The largest absolute Gasteiger partial charge is 0.388 e. The highest BCUT2D eigenvalue weighted by Gasteiger charge is 2.66. The fourth-order valence-corrected chi connectivity index (χ4v) is 6.02. The molecule has 0 bridgehead atoms. The quantitative estimate of drug-likeness (QED) is 0.793. The van der Waals surface area contributed by atoms with E-state index < -0.39 is 23.4 Å².